The van der Waals surface area contributed by atoms with Gasteiger partial charge in [-0.05, 0) is 29.7 Å². The van der Waals surface area contributed by atoms with E-state index in [0.29, 0.717) is 18.2 Å². The third-order valence-electron chi connectivity index (χ3n) is 4.25. The molecule has 5 heteroatoms. The topological polar surface area (TPSA) is 54.7 Å². The van der Waals surface area contributed by atoms with Crippen molar-refractivity contribution in [2.45, 2.75) is 19.8 Å². The molecule has 1 N–H and O–H groups in total. The van der Waals surface area contributed by atoms with Gasteiger partial charge in [-0.25, -0.2) is 0 Å². The van der Waals surface area contributed by atoms with E-state index < -0.39 is 0 Å². The molecule has 0 unspecified atom stereocenters. The molecule has 2 aromatic rings. The first-order valence-electron chi connectivity index (χ1n) is 8.25. The van der Waals surface area contributed by atoms with Gasteiger partial charge in [0.05, 0.1) is 13.2 Å². The quantitative estimate of drug-likeness (QED) is 0.921. The second-order valence-corrected chi connectivity index (χ2v) is 6.27. The molecule has 0 aliphatic carbocycles. The second kappa shape index (κ2) is 7.15. The Morgan fingerprint density at radius 1 is 1.26 bits per heavy atom. The van der Waals surface area contributed by atoms with E-state index in [2.05, 4.69) is 36.2 Å². The zero-order valence-corrected chi connectivity index (χ0v) is 13.8. The SMILES string of the molecule is CC(C)c1ccc2oc(C(=O)NCCN3CCOCC3)cc2c1. The van der Waals surface area contributed by atoms with Crippen LogP contribution in [0.4, 0.5) is 0 Å². The number of rotatable bonds is 5. The number of carbonyl (C=O) groups is 1. The number of carbonyl (C=O) groups excluding carboxylic acids is 1. The summed E-state index contributed by atoms with van der Waals surface area (Å²) >= 11 is 0. The molecule has 0 bridgehead atoms. The highest BCUT2D eigenvalue weighted by molar-refractivity contribution is 5.96. The Kier molecular flexibility index (Phi) is 4.98. The molecular formula is C18H24N2O3. The van der Waals surface area contributed by atoms with Gasteiger partial charge in [0.2, 0.25) is 0 Å². The molecular weight excluding hydrogens is 292 g/mol. The Balaban J connectivity index is 1.59. The molecule has 0 atom stereocenters. The van der Waals surface area contributed by atoms with E-state index in [0.717, 1.165) is 43.8 Å². The van der Waals surface area contributed by atoms with Gasteiger partial charge < -0.3 is 14.5 Å². The summed E-state index contributed by atoms with van der Waals surface area (Å²) in [6.45, 7) is 9.17. The van der Waals surface area contributed by atoms with Gasteiger partial charge in [-0.1, -0.05) is 19.9 Å². The van der Waals surface area contributed by atoms with Crippen LogP contribution in [0.2, 0.25) is 0 Å². The van der Waals surface area contributed by atoms with Crippen LogP contribution in [0.25, 0.3) is 11.0 Å². The number of ether oxygens (including phenoxy) is 1. The van der Waals surface area contributed by atoms with E-state index in [1.165, 1.54) is 5.56 Å². The van der Waals surface area contributed by atoms with E-state index in [4.69, 9.17) is 9.15 Å². The van der Waals surface area contributed by atoms with Crippen LogP contribution < -0.4 is 5.32 Å². The van der Waals surface area contributed by atoms with Crippen LogP contribution in [0.3, 0.4) is 0 Å². The minimum atomic E-state index is -0.152. The van der Waals surface area contributed by atoms with Crippen molar-refractivity contribution in [3.63, 3.8) is 0 Å². The molecule has 1 aromatic carbocycles. The zero-order chi connectivity index (χ0) is 16.2. The molecule has 5 nitrogen and oxygen atoms in total. The predicted octanol–water partition coefficient (Wildman–Crippen LogP) is 2.62. The maximum atomic E-state index is 12.2. The Hall–Kier alpha value is -1.85. The lowest BCUT2D eigenvalue weighted by Crippen LogP contribution is -2.41. The fourth-order valence-corrected chi connectivity index (χ4v) is 2.77. The van der Waals surface area contributed by atoms with Crippen molar-refractivity contribution in [2.75, 3.05) is 39.4 Å². The number of hydrogen-bond donors (Lipinski definition) is 1. The lowest BCUT2D eigenvalue weighted by molar-refractivity contribution is 0.0382. The summed E-state index contributed by atoms with van der Waals surface area (Å²) in [6, 6.07) is 7.91. The molecule has 2 heterocycles. The van der Waals surface area contributed by atoms with Gasteiger partial charge in [-0.15, -0.1) is 0 Å². The van der Waals surface area contributed by atoms with Crippen LogP contribution in [0.1, 0.15) is 35.9 Å². The molecule has 0 spiro atoms. The van der Waals surface area contributed by atoms with E-state index in [-0.39, 0.29) is 5.91 Å². The fraction of sp³-hybridized carbons (Fsp3) is 0.500. The third-order valence-corrected chi connectivity index (χ3v) is 4.25. The van der Waals surface area contributed by atoms with E-state index in [1.54, 1.807) is 0 Å². The minimum absolute atomic E-state index is 0.152. The lowest BCUT2D eigenvalue weighted by atomic mass is 10.0. The van der Waals surface area contributed by atoms with E-state index in [1.807, 2.05) is 12.1 Å². The monoisotopic (exact) mass is 316 g/mol. The van der Waals surface area contributed by atoms with Gasteiger partial charge in [-0.2, -0.15) is 0 Å². The smallest absolute Gasteiger partial charge is 0.287 e. The molecule has 124 valence electrons. The highest BCUT2D eigenvalue weighted by atomic mass is 16.5. The van der Waals surface area contributed by atoms with E-state index >= 15 is 0 Å². The van der Waals surface area contributed by atoms with Crippen molar-refractivity contribution < 1.29 is 13.9 Å². The Morgan fingerprint density at radius 2 is 2.04 bits per heavy atom. The third kappa shape index (κ3) is 3.92. The average molecular weight is 316 g/mol. The number of fused-ring (bicyclic) bond motifs is 1. The van der Waals surface area contributed by atoms with Crippen LogP contribution in [0.5, 0.6) is 0 Å². The first-order valence-corrected chi connectivity index (χ1v) is 8.25. The summed E-state index contributed by atoms with van der Waals surface area (Å²) in [4.78, 5) is 14.5. The standard InChI is InChI=1S/C18H24N2O3/c1-13(2)14-3-4-16-15(11-14)12-17(23-16)18(21)19-5-6-20-7-9-22-10-8-20/h3-4,11-13H,5-10H2,1-2H3,(H,19,21). The van der Waals surface area contributed by atoms with Crippen molar-refractivity contribution in [3.05, 3.63) is 35.6 Å². The maximum Gasteiger partial charge on any atom is 0.287 e. The molecule has 1 amide bonds. The highest BCUT2D eigenvalue weighted by Gasteiger charge is 2.14. The molecule has 1 aromatic heterocycles. The Bertz CT molecular complexity index is 672. The van der Waals surface area contributed by atoms with Gasteiger partial charge in [0, 0.05) is 31.6 Å². The largest absolute Gasteiger partial charge is 0.451 e. The van der Waals surface area contributed by atoms with Crippen LogP contribution in [-0.4, -0.2) is 50.2 Å². The van der Waals surface area contributed by atoms with Crippen molar-refractivity contribution in [2.24, 2.45) is 0 Å². The predicted molar refractivity (Wildman–Crippen MR) is 89.9 cm³/mol. The number of nitrogens with zero attached hydrogens (tertiary/aromatic N) is 1. The Labute approximate surface area is 136 Å². The number of morpholine rings is 1. The van der Waals surface area contributed by atoms with Gasteiger partial charge in [0.1, 0.15) is 5.58 Å². The molecule has 3 rings (SSSR count). The van der Waals surface area contributed by atoms with Gasteiger partial charge in [0.15, 0.2) is 5.76 Å². The number of amides is 1. The average Bonchev–Trinajstić information content (AvgIpc) is 2.99. The first kappa shape index (κ1) is 16.0. The normalized spacial score (nSPS) is 16.1. The summed E-state index contributed by atoms with van der Waals surface area (Å²) < 4.78 is 11.0. The zero-order valence-electron chi connectivity index (χ0n) is 13.8. The molecule has 1 aliphatic rings. The van der Waals surface area contributed by atoms with Gasteiger partial charge >= 0.3 is 0 Å². The van der Waals surface area contributed by atoms with Crippen molar-refractivity contribution in [1.29, 1.82) is 0 Å². The number of nitrogens with one attached hydrogen (secondary N) is 1. The van der Waals surface area contributed by atoms with Crippen LogP contribution in [0.15, 0.2) is 28.7 Å². The second-order valence-electron chi connectivity index (χ2n) is 6.27. The number of furan rings is 1. The summed E-state index contributed by atoms with van der Waals surface area (Å²) in [5, 5.41) is 3.91. The van der Waals surface area contributed by atoms with Crippen LogP contribution in [0, 0.1) is 0 Å². The highest BCUT2D eigenvalue weighted by Crippen LogP contribution is 2.24. The molecule has 0 radical (unpaired) electrons. The van der Waals surface area contributed by atoms with Crippen molar-refractivity contribution >= 4 is 16.9 Å². The Morgan fingerprint density at radius 3 is 2.78 bits per heavy atom. The minimum Gasteiger partial charge on any atom is -0.451 e. The molecule has 1 saturated heterocycles. The molecule has 1 aliphatic heterocycles. The molecule has 1 fully saturated rings. The summed E-state index contributed by atoms with van der Waals surface area (Å²) in [6.07, 6.45) is 0. The van der Waals surface area contributed by atoms with Gasteiger partial charge in [0.25, 0.3) is 5.91 Å². The number of hydrogen-bond acceptors (Lipinski definition) is 4. The fourth-order valence-electron chi connectivity index (χ4n) is 2.77. The van der Waals surface area contributed by atoms with Crippen molar-refractivity contribution in [1.82, 2.24) is 10.2 Å². The van der Waals surface area contributed by atoms with Gasteiger partial charge in [-0.3, -0.25) is 9.69 Å². The van der Waals surface area contributed by atoms with Crippen LogP contribution in [-0.2, 0) is 4.74 Å². The summed E-state index contributed by atoms with van der Waals surface area (Å²) in [5.74, 6) is 0.684. The first-order chi connectivity index (χ1) is 11.1. The molecule has 23 heavy (non-hydrogen) atoms. The molecule has 0 saturated carbocycles. The van der Waals surface area contributed by atoms with E-state index in [9.17, 15) is 4.79 Å². The van der Waals surface area contributed by atoms with Crippen LogP contribution >= 0.6 is 0 Å². The van der Waals surface area contributed by atoms with Crippen molar-refractivity contribution in [3.8, 4) is 0 Å². The summed E-state index contributed by atoms with van der Waals surface area (Å²) in [7, 11) is 0. The maximum absolute atomic E-state index is 12.2. The summed E-state index contributed by atoms with van der Waals surface area (Å²) in [5.41, 5.74) is 2.00. The number of benzene rings is 1. The lowest BCUT2D eigenvalue weighted by Gasteiger charge is -2.26.